The second-order valence-electron chi connectivity index (χ2n) is 5.53. The Morgan fingerprint density at radius 3 is 2.38 bits per heavy atom. The summed E-state index contributed by atoms with van der Waals surface area (Å²) in [5.74, 6) is -1.80. The Hall–Kier alpha value is -3.03. The van der Waals surface area contributed by atoms with E-state index in [1.165, 1.54) is 37.3 Å². The molecule has 0 radical (unpaired) electrons. The molecular weight excluding hydrogens is 351 g/mol. The first-order valence-electron chi connectivity index (χ1n) is 7.53. The van der Waals surface area contributed by atoms with Crippen LogP contribution in [0.2, 0.25) is 0 Å². The SMILES string of the molecule is COC(=O)C(C)NC(=O)c1cc(-c2cccc(C(F)(F)F)c2)ccc1O. The molecule has 2 rings (SSSR count). The number of benzene rings is 2. The summed E-state index contributed by atoms with van der Waals surface area (Å²) in [6.45, 7) is 1.40. The third-order valence-electron chi connectivity index (χ3n) is 3.67. The molecule has 138 valence electrons. The minimum Gasteiger partial charge on any atom is -0.507 e. The number of rotatable bonds is 4. The summed E-state index contributed by atoms with van der Waals surface area (Å²) in [7, 11) is 1.16. The molecule has 2 N–H and O–H groups in total. The summed E-state index contributed by atoms with van der Waals surface area (Å²) in [5, 5.41) is 12.2. The van der Waals surface area contributed by atoms with Crippen molar-refractivity contribution in [3.8, 4) is 16.9 Å². The lowest BCUT2D eigenvalue weighted by molar-refractivity contribution is -0.142. The van der Waals surface area contributed by atoms with E-state index in [0.29, 0.717) is 5.56 Å². The molecule has 0 heterocycles. The maximum atomic E-state index is 12.9. The lowest BCUT2D eigenvalue weighted by atomic mass is 10.00. The predicted octanol–water partition coefficient (Wildman–Crippen LogP) is 3.37. The average molecular weight is 367 g/mol. The van der Waals surface area contributed by atoms with Crippen molar-refractivity contribution in [2.45, 2.75) is 19.1 Å². The number of carbonyl (C=O) groups excluding carboxylic acids is 2. The molecule has 0 saturated carbocycles. The molecule has 26 heavy (non-hydrogen) atoms. The number of phenols is 1. The standard InChI is InChI=1S/C18H16F3NO4/c1-10(17(25)26-2)22-16(24)14-9-12(6-7-15(14)23)11-4-3-5-13(8-11)18(19,20)21/h3-10,23H,1-2H3,(H,22,24). The highest BCUT2D eigenvalue weighted by atomic mass is 19.4. The fourth-order valence-corrected chi connectivity index (χ4v) is 2.28. The lowest BCUT2D eigenvalue weighted by Crippen LogP contribution is -2.39. The van der Waals surface area contributed by atoms with E-state index in [2.05, 4.69) is 10.1 Å². The molecular formula is C18H16F3NO4. The summed E-state index contributed by atoms with van der Waals surface area (Å²) >= 11 is 0. The van der Waals surface area contributed by atoms with Crippen LogP contribution in [0, 0.1) is 0 Å². The van der Waals surface area contributed by atoms with E-state index < -0.39 is 29.7 Å². The molecule has 0 spiro atoms. The zero-order valence-electron chi connectivity index (χ0n) is 13.9. The number of hydrogen-bond acceptors (Lipinski definition) is 4. The molecule has 0 aliphatic heterocycles. The quantitative estimate of drug-likeness (QED) is 0.813. The normalized spacial score (nSPS) is 12.3. The molecule has 0 bridgehead atoms. The number of halogens is 3. The topological polar surface area (TPSA) is 75.6 Å². The number of alkyl halides is 3. The van der Waals surface area contributed by atoms with E-state index in [0.717, 1.165) is 19.2 Å². The van der Waals surface area contributed by atoms with Crippen LogP contribution in [0.25, 0.3) is 11.1 Å². The van der Waals surface area contributed by atoms with Gasteiger partial charge in [-0.1, -0.05) is 18.2 Å². The van der Waals surface area contributed by atoms with Gasteiger partial charge in [0.15, 0.2) is 0 Å². The smallest absolute Gasteiger partial charge is 0.416 e. The van der Waals surface area contributed by atoms with Crippen LogP contribution in [0.15, 0.2) is 42.5 Å². The molecule has 2 aromatic rings. The maximum Gasteiger partial charge on any atom is 0.416 e. The number of nitrogens with one attached hydrogen (secondary N) is 1. The van der Waals surface area contributed by atoms with Gasteiger partial charge in [0, 0.05) is 0 Å². The number of amides is 1. The third kappa shape index (κ3) is 4.33. The molecule has 1 unspecified atom stereocenters. The zero-order chi connectivity index (χ0) is 19.5. The van der Waals surface area contributed by atoms with Crippen LogP contribution in [0.5, 0.6) is 5.75 Å². The molecule has 1 amide bonds. The first-order chi connectivity index (χ1) is 12.1. The van der Waals surface area contributed by atoms with Crippen molar-refractivity contribution in [1.29, 1.82) is 0 Å². The lowest BCUT2D eigenvalue weighted by Gasteiger charge is -2.14. The number of aromatic hydroxyl groups is 1. The van der Waals surface area contributed by atoms with Crippen molar-refractivity contribution in [3.05, 3.63) is 53.6 Å². The van der Waals surface area contributed by atoms with Crippen LogP contribution in [-0.4, -0.2) is 30.1 Å². The van der Waals surface area contributed by atoms with E-state index in [4.69, 9.17) is 0 Å². The molecule has 0 aliphatic carbocycles. The number of carbonyl (C=O) groups is 2. The van der Waals surface area contributed by atoms with Crippen LogP contribution >= 0.6 is 0 Å². The van der Waals surface area contributed by atoms with Gasteiger partial charge in [0.2, 0.25) is 0 Å². The highest BCUT2D eigenvalue weighted by Crippen LogP contribution is 2.33. The van der Waals surface area contributed by atoms with Crippen LogP contribution in [0.4, 0.5) is 13.2 Å². The number of methoxy groups -OCH3 is 1. The van der Waals surface area contributed by atoms with Gasteiger partial charge in [-0.25, -0.2) is 4.79 Å². The van der Waals surface area contributed by atoms with Crippen LogP contribution in [0.3, 0.4) is 0 Å². The van der Waals surface area contributed by atoms with E-state index in [1.54, 1.807) is 0 Å². The first kappa shape index (κ1) is 19.3. The van der Waals surface area contributed by atoms with E-state index >= 15 is 0 Å². The van der Waals surface area contributed by atoms with Crippen molar-refractivity contribution in [1.82, 2.24) is 5.32 Å². The minimum absolute atomic E-state index is 0.171. The Bertz CT molecular complexity index is 833. The number of hydrogen-bond donors (Lipinski definition) is 2. The van der Waals surface area contributed by atoms with Gasteiger partial charge in [0.25, 0.3) is 5.91 Å². The Morgan fingerprint density at radius 1 is 1.12 bits per heavy atom. The predicted molar refractivity (Wildman–Crippen MR) is 87.5 cm³/mol. The maximum absolute atomic E-state index is 12.9. The minimum atomic E-state index is -4.50. The van der Waals surface area contributed by atoms with Crippen molar-refractivity contribution >= 4 is 11.9 Å². The highest BCUT2D eigenvalue weighted by molar-refractivity contribution is 6.00. The summed E-state index contributed by atoms with van der Waals surface area (Å²) < 4.78 is 43.1. The molecule has 0 aromatic heterocycles. The van der Waals surface area contributed by atoms with Crippen molar-refractivity contribution in [3.63, 3.8) is 0 Å². The van der Waals surface area contributed by atoms with Crippen LogP contribution in [-0.2, 0) is 15.7 Å². The van der Waals surface area contributed by atoms with Gasteiger partial charge in [0.1, 0.15) is 11.8 Å². The third-order valence-corrected chi connectivity index (χ3v) is 3.67. The second kappa shape index (κ2) is 7.47. The van der Waals surface area contributed by atoms with Gasteiger partial charge in [-0.15, -0.1) is 0 Å². The number of phenolic OH excluding ortho intramolecular Hbond substituents is 1. The summed E-state index contributed by atoms with van der Waals surface area (Å²) in [6, 6.07) is 7.50. The van der Waals surface area contributed by atoms with E-state index in [9.17, 15) is 27.9 Å². The van der Waals surface area contributed by atoms with Gasteiger partial charge < -0.3 is 15.2 Å². The van der Waals surface area contributed by atoms with Crippen molar-refractivity contribution in [2.75, 3.05) is 7.11 Å². The molecule has 1 atom stereocenters. The van der Waals surface area contributed by atoms with Crippen LogP contribution in [0.1, 0.15) is 22.8 Å². The second-order valence-corrected chi connectivity index (χ2v) is 5.53. The first-order valence-corrected chi connectivity index (χ1v) is 7.53. The molecule has 0 aliphatic rings. The average Bonchev–Trinajstić information content (AvgIpc) is 2.60. The summed E-state index contributed by atoms with van der Waals surface area (Å²) in [6.07, 6.45) is -4.50. The Morgan fingerprint density at radius 2 is 1.77 bits per heavy atom. The summed E-state index contributed by atoms with van der Waals surface area (Å²) in [5.41, 5.74) is -0.455. The fourth-order valence-electron chi connectivity index (χ4n) is 2.28. The summed E-state index contributed by atoms with van der Waals surface area (Å²) in [4.78, 5) is 23.6. The molecule has 0 saturated heterocycles. The number of esters is 1. The van der Waals surface area contributed by atoms with Gasteiger partial charge in [0.05, 0.1) is 18.2 Å². The highest BCUT2D eigenvalue weighted by Gasteiger charge is 2.30. The van der Waals surface area contributed by atoms with Gasteiger partial charge in [-0.3, -0.25) is 4.79 Å². The number of ether oxygens (including phenoxy) is 1. The van der Waals surface area contributed by atoms with Crippen LogP contribution < -0.4 is 5.32 Å². The van der Waals surface area contributed by atoms with E-state index in [-0.39, 0.29) is 16.9 Å². The fraction of sp³-hybridized carbons (Fsp3) is 0.222. The van der Waals surface area contributed by atoms with Crippen molar-refractivity contribution < 1.29 is 32.6 Å². The van der Waals surface area contributed by atoms with Gasteiger partial charge in [-0.05, 0) is 42.3 Å². The van der Waals surface area contributed by atoms with Gasteiger partial charge in [-0.2, -0.15) is 13.2 Å². The Labute approximate surface area is 147 Å². The monoisotopic (exact) mass is 367 g/mol. The molecule has 0 fully saturated rings. The zero-order valence-corrected chi connectivity index (χ0v) is 13.9. The Kier molecular flexibility index (Phi) is 5.54. The van der Waals surface area contributed by atoms with Crippen molar-refractivity contribution in [2.24, 2.45) is 0 Å². The van der Waals surface area contributed by atoms with Gasteiger partial charge >= 0.3 is 12.1 Å². The van der Waals surface area contributed by atoms with E-state index in [1.807, 2.05) is 0 Å². The molecule has 2 aromatic carbocycles. The largest absolute Gasteiger partial charge is 0.507 e. The Balaban J connectivity index is 2.36. The molecule has 5 nitrogen and oxygen atoms in total. The molecule has 8 heteroatoms.